The fourth-order valence-corrected chi connectivity index (χ4v) is 1.65. The molecule has 0 bridgehead atoms. The van der Waals surface area contributed by atoms with E-state index in [-0.39, 0.29) is 19.0 Å². The summed E-state index contributed by atoms with van der Waals surface area (Å²) in [7, 11) is 0. The number of nitrogens with zero attached hydrogens (tertiary/aromatic N) is 1. The lowest BCUT2D eigenvalue weighted by molar-refractivity contribution is -0.141. The van der Waals surface area contributed by atoms with Crippen molar-refractivity contribution in [3.05, 3.63) is 53.2 Å². The molecule has 1 aromatic carbocycles. The molecule has 1 aromatic heterocycles. The molecule has 7 heteroatoms. The molecule has 3 N–H and O–H groups in total. The highest BCUT2D eigenvalue weighted by Crippen LogP contribution is 2.31. The van der Waals surface area contributed by atoms with E-state index in [2.05, 4.69) is 4.98 Å². The number of pyridine rings is 1. The van der Waals surface area contributed by atoms with E-state index in [9.17, 15) is 13.2 Å². The second-order valence-electron chi connectivity index (χ2n) is 4.27. The first kappa shape index (κ1) is 15.3. The minimum atomic E-state index is -4.55. The summed E-state index contributed by atoms with van der Waals surface area (Å²) in [5.41, 5.74) is 5.47. The predicted octanol–water partition coefficient (Wildman–Crippen LogP) is 2.84. The maximum Gasteiger partial charge on any atom is 0.433 e. The number of aliphatic hydroxyl groups excluding tert-OH is 1. The van der Waals surface area contributed by atoms with Crippen LogP contribution < -0.4 is 10.5 Å². The van der Waals surface area contributed by atoms with Gasteiger partial charge in [0, 0.05) is 12.1 Å². The SMILES string of the molecule is NCc1ccc(C(F)(F)F)nc1Oc1ccc(CO)cc1. The first-order chi connectivity index (χ1) is 9.94. The molecule has 0 aliphatic rings. The first-order valence-corrected chi connectivity index (χ1v) is 6.09. The molecular formula is C14H13F3N2O2. The molecule has 0 aliphatic heterocycles. The zero-order valence-electron chi connectivity index (χ0n) is 10.9. The molecule has 0 saturated heterocycles. The number of alkyl halides is 3. The lowest BCUT2D eigenvalue weighted by Crippen LogP contribution is -2.10. The van der Waals surface area contributed by atoms with Gasteiger partial charge in [0.2, 0.25) is 5.88 Å². The molecule has 0 unspecified atom stereocenters. The van der Waals surface area contributed by atoms with E-state index in [1.807, 2.05) is 0 Å². The summed E-state index contributed by atoms with van der Waals surface area (Å²) in [5, 5.41) is 8.93. The summed E-state index contributed by atoms with van der Waals surface area (Å²) in [6, 6.07) is 8.38. The Morgan fingerprint density at radius 1 is 1.10 bits per heavy atom. The van der Waals surface area contributed by atoms with Crippen LogP contribution in [-0.4, -0.2) is 10.1 Å². The number of aromatic nitrogens is 1. The monoisotopic (exact) mass is 298 g/mol. The highest BCUT2D eigenvalue weighted by molar-refractivity contribution is 5.35. The molecule has 0 saturated carbocycles. The summed E-state index contributed by atoms with van der Waals surface area (Å²) >= 11 is 0. The Balaban J connectivity index is 2.32. The molecule has 0 spiro atoms. The van der Waals surface area contributed by atoms with E-state index in [0.717, 1.165) is 6.07 Å². The molecule has 0 fully saturated rings. The van der Waals surface area contributed by atoms with E-state index >= 15 is 0 Å². The Hall–Kier alpha value is -2.12. The highest BCUT2D eigenvalue weighted by atomic mass is 19.4. The van der Waals surface area contributed by atoms with Gasteiger partial charge >= 0.3 is 6.18 Å². The molecule has 21 heavy (non-hydrogen) atoms. The Bertz CT molecular complexity index is 613. The summed E-state index contributed by atoms with van der Waals surface area (Å²) in [4.78, 5) is 3.48. The van der Waals surface area contributed by atoms with Gasteiger partial charge in [-0.3, -0.25) is 0 Å². The summed E-state index contributed by atoms with van der Waals surface area (Å²) in [6.45, 7) is -0.120. The summed E-state index contributed by atoms with van der Waals surface area (Å²) < 4.78 is 43.4. The second-order valence-corrected chi connectivity index (χ2v) is 4.27. The number of rotatable bonds is 4. The van der Waals surface area contributed by atoms with Crippen molar-refractivity contribution in [3.8, 4) is 11.6 Å². The lowest BCUT2D eigenvalue weighted by Gasteiger charge is -2.12. The largest absolute Gasteiger partial charge is 0.439 e. The van der Waals surface area contributed by atoms with E-state index in [4.69, 9.17) is 15.6 Å². The van der Waals surface area contributed by atoms with Gasteiger partial charge in [-0.1, -0.05) is 18.2 Å². The molecule has 0 amide bonds. The van der Waals surface area contributed by atoms with E-state index < -0.39 is 11.9 Å². The zero-order valence-corrected chi connectivity index (χ0v) is 10.9. The molecule has 1 heterocycles. The van der Waals surface area contributed by atoms with Crippen LogP contribution in [0.1, 0.15) is 16.8 Å². The van der Waals surface area contributed by atoms with Crippen molar-refractivity contribution >= 4 is 0 Å². The van der Waals surface area contributed by atoms with Crippen LogP contribution in [0.3, 0.4) is 0 Å². The van der Waals surface area contributed by atoms with Gasteiger partial charge in [-0.15, -0.1) is 0 Å². The Morgan fingerprint density at radius 3 is 2.29 bits per heavy atom. The second kappa shape index (κ2) is 6.11. The van der Waals surface area contributed by atoms with Gasteiger partial charge < -0.3 is 15.6 Å². The van der Waals surface area contributed by atoms with Gasteiger partial charge in [-0.2, -0.15) is 13.2 Å². The summed E-state index contributed by atoms with van der Waals surface area (Å²) in [5.74, 6) is 0.137. The van der Waals surface area contributed by atoms with Gasteiger partial charge in [0.15, 0.2) is 0 Å². The van der Waals surface area contributed by atoms with E-state index in [1.165, 1.54) is 18.2 Å². The smallest absolute Gasteiger partial charge is 0.433 e. The number of halogens is 3. The summed E-state index contributed by atoms with van der Waals surface area (Å²) in [6.07, 6.45) is -4.55. The van der Waals surface area contributed by atoms with Gasteiger partial charge in [-0.25, -0.2) is 4.98 Å². The fourth-order valence-electron chi connectivity index (χ4n) is 1.65. The van der Waals surface area contributed by atoms with Crippen LogP contribution >= 0.6 is 0 Å². The topological polar surface area (TPSA) is 68.4 Å². The average molecular weight is 298 g/mol. The van der Waals surface area contributed by atoms with Crippen molar-refractivity contribution in [1.82, 2.24) is 4.98 Å². The molecule has 112 valence electrons. The number of aliphatic hydroxyl groups is 1. The number of hydrogen-bond donors (Lipinski definition) is 2. The van der Waals surface area contributed by atoms with Crippen molar-refractivity contribution in [2.75, 3.05) is 0 Å². The molecular weight excluding hydrogens is 285 g/mol. The Labute approximate surface area is 119 Å². The van der Waals surface area contributed by atoms with Crippen molar-refractivity contribution < 1.29 is 23.0 Å². The predicted molar refractivity (Wildman–Crippen MR) is 69.6 cm³/mol. The first-order valence-electron chi connectivity index (χ1n) is 6.09. The third-order valence-electron chi connectivity index (χ3n) is 2.77. The standard InChI is InChI=1S/C14H13F3N2O2/c15-14(16,17)12-6-3-10(7-18)13(19-12)21-11-4-1-9(8-20)2-5-11/h1-6,20H,7-8,18H2. The van der Waals surface area contributed by atoms with Crippen molar-refractivity contribution in [1.29, 1.82) is 0 Å². The Morgan fingerprint density at radius 2 is 1.76 bits per heavy atom. The van der Waals surface area contributed by atoms with Crippen LogP contribution in [0.15, 0.2) is 36.4 Å². The highest BCUT2D eigenvalue weighted by Gasteiger charge is 2.33. The maximum atomic E-state index is 12.7. The minimum Gasteiger partial charge on any atom is -0.439 e. The van der Waals surface area contributed by atoms with Crippen molar-refractivity contribution in [3.63, 3.8) is 0 Å². The maximum absolute atomic E-state index is 12.7. The molecule has 2 rings (SSSR count). The number of ether oxygens (including phenoxy) is 1. The molecule has 4 nitrogen and oxygen atoms in total. The van der Waals surface area contributed by atoms with Crippen LogP contribution in [0.5, 0.6) is 11.6 Å². The lowest BCUT2D eigenvalue weighted by atomic mass is 10.2. The number of benzene rings is 1. The van der Waals surface area contributed by atoms with Gasteiger partial charge in [0.25, 0.3) is 0 Å². The van der Waals surface area contributed by atoms with Crippen LogP contribution in [0, 0.1) is 0 Å². The third kappa shape index (κ3) is 3.71. The van der Waals surface area contributed by atoms with Gasteiger partial charge in [0.1, 0.15) is 11.4 Å². The van der Waals surface area contributed by atoms with Crippen molar-refractivity contribution in [2.24, 2.45) is 5.73 Å². The minimum absolute atomic E-state index is 0.00912. The third-order valence-corrected chi connectivity index (χ3v) is 2.77. The zero-order chi connectivity index (χ0) is 15.5. The van der Waals surface area contributed by atoms with E-state index in [1.54, 1.807) is 12.1 Å². The van der Waals surface area contributed by atoms with E-state index in [0.29, 0.717) is 16.9 Å². The average Bonchev–Trinajstić information content (AvgIpc) is 2.47. The van der Waals surface area contributed by atoms with Crippen LogP contribution in [-0.2, 0) is 19.3 Å². The molecule has 2 aromatic rings. The van der Waals surface area contributed by atoms with Crippen LogP contribution in [0.4, 0.5) is 13.2 Å². The quantitative estimate of drug-likeness (QED) is 0.910. The van der Waals surface area contributed by atoms with Crippen LogP contribution in [0.2, 0.25) is 0 Å². The normalized spacial score (nSPS) is 11.5. The van der Waals surface area contributed by atoms with Crippen molar-refractivity contribution in [2.45, 2.75) is 19.3 Å². The van der Waals surface area contributed by atoms with Crippen LogP contribution in [0.25, 0.3) is 0 Å². The molecule has 0 radical (unpaired) electrons. The Kier molecular flexibility index (Phi) is 4.44. The molecule has 0 atom stereocenters. The van der Waals surface area contributed by atoms with Gasteiger partial charge in [0.05, 0.1) is 6.61 Å². The van der Waals surface area contributed by atoms with Gasteiger partial charge in [-0.05, 0) is 23.8 Å². The molecule has 0 aliphatic carbocycles. The fraction of sp³-hybridized carbons (Fsp3) is 0.214. The number of hydrogen-bond acceptors (Lipinski definition) is 4. The number of nitrogens with two attached hydrogens (primary N) is 1.